The van der Waals surface area contributed by atoms with Gasteiger partial charge < -0.3 is 20.4 Å². The van der Waals surface area contributed by atoms with Crippen LogP contribution in [0, 0.1) is 11.6 Å². The highest BCUT2D eigenvalue weighted by atomic mass is 19.1. The van der Waals surface area contributed by atoms with E-state index in [4.69, 9.17) is 0 Å². The molecule has 10 heteroatoms. The molecule has 2 N–H and O–H groups in total. The molecule has 8 nitrogen and oxygen atoms in total. The molecular formula is C23H23F2N7O. The highest BCUT2D eigenvalue weighted by Crippen LogP contribution is 2.27. The molecule has 2 aliphatic rings. The first-order valence-corrected chi connectivity index (χ1v) is 10.8. The summed E-state index contributed by atoms with van der Waals surface area (Å²) in [5.41, 5.74) is 2.38. The zero-order chi connectivity index (χ0) is 22.8. The van der Waals surface area contributed by atoms with E-state index >= 15 is 0 Å². The zero-order valence-electron chi connectivity index (χ0n) is 17.9. The average Bonchev–Trinajstić information content (AvgIpc) is 2.87. The Morgan fingerprint density at radius 1 is 0.970 bits per heavy atom. The predicted octanol–water partition coefficient (Wildman–Crippen LogP) is 2.37. The van der Waals surface area contributed by atoms with Crippen molar-refractivity contribution in [1.82, 2.24) is 20.3 Å². The zero-order valence-corrected chi connectivity index (χ0v) is 17.9. The molecule has 5 rings (SSSR count). The second kappa shape index (κ2) is 9.07. The number of carbonyl (C=O) groups excluding carboxylic acids is 1. The van der Waals surface area contributed by atoms with Crippen LogP contribution in [0.15, 0.2) is 42.9 Å². The van der Waals surface area contributed by atoms with E-state index < -0.39 is 17.5 Å². The van der Waals surface area contributed by atoms with Crippen molar-refractivity contribution >= 4 is 23.2 Å². The third-order valence-corrected chi connectivity index (χ3v) is 5.96. The van der Waals surface area contributed by atoms with Gasteiger partial charge in [-0.1, -0.05) is 0 Å². The third-order valence-electron chi connectivity index (χ3n) is 5.96. The molecular weight excluding hydrogens is 428 g/mol. The monoisotopic (exact) mass is 451 g/mol. The molecule has 1 saturated heterocycles. The normalized spacial score (nSPS) is 15.8. The van der Waals surface area contributed by atoms with Crippen molar-refractivity contribution in [1.29, 1.82) is 0 Å². The summed E-state index contributed by atoms with van der Waals surface area (Å²) in [6.07, 6.45) is 5.15. The number of amides is 1. The molecule has 0 atom stereocenters. The number of nitrogens with one attached hydrogen (secondary N) is 2. The van der Waals surface area contributed by atoms with Crippen LogP contribution in [0.1, 0.15) is 21.6 Å². The topological polar surface area (TPSA) is 86.3 Å². The van der Waals surface area contributed by atoms with Crippen molar-refractivity contribution in [3.05, 3.63) is 71.3 Å². The lowest BCUT2D eigenvalue weighted by molar-refractivity contribution is 0.102. The van der Waals surface area contributed by atoms with Crippen molar-refractivity contribution in [2.75, 3.05) is 47.8 Å². The van der Waals surface area contributed by atoms with E-state index in [0.717, 1.165) is 44.0 Å². The lowest BCUT2D eigenvalue weighted by atomic mass is 9.99. The second-order valence-electron chi connectivity index (χ2n) is 7.98. The second-order valence-corrected chi connectivity index (χ2v) is 7.98. The number of aromatic nitrogens is 3. The maximum atomic E-state index is 14.3. The molecule has 1 aromatic carbocycles. The first kappa shape index (κ1) is 21.2. The van der Waals surface area contributed by atoms with Gasteiger partial charge in [0, 0.05) is 57.2 Å². The molecule has 0 spiro atoms. The summed E-state index contributed by atoms with van der Waals surface area (Å²) in [5, 5.41) is 6.21. The number of pyridine rings is 1. The van der Waals surface area contributed by atoms with Gasteiger partial charge in [-0.25, -0.2) is 18.7 Å². The Bertz CT molecular complexity index is 1180. The van der Waals surface area contributed by atoms with Crippen molar-refractivity contribution in [3.63, 3.8) is 0 Å². The van der Waals surface area contributed by atoms with Gasteiger partial charge in [-0.15, -0.1) is 0 Å². The van der Waals surface area contributed by atoms with Gasteiger partial charge in [0.05, 0.1) is 17.6 Å². The SMILES string of the molecule is O=C(Nc1cnccc1N1CCNCC1)c1ccnc(N2CCc3c(F)ccc(F)c3C2)n1. The van der Waals surface area contributed by atoms with Crippen LogP contribution in [0.5, 0.6) is 0 Å². The standard InChI is InChI=1S/C23H23F2N7O/c24-17-1-2-18(25)16-14-32(10-5-15(16)17)23-28-7-3-19(30-23)22(33)29-20-13-27-6-4-21(20)31-11-8-26-9-12-31/h1-4,6-7,13,26H,5,8-12,14H2,(H,29,33). The Labute approximate surface area is 189 Å². The highest BCUT2D eigenvalue weighted by Gasteiger charge is 2.25. The first-order chi connectivity index (χ1) is 16.1. The van der Waals surface area contributed by atoms with Crippen molar-refractivity contribution in [2.24, 2.45) is 0 Å². The lowest BCUT2D eigenvalue weighted by Gasteiger charge is -2.31. The fourth-order valence-electron chi connectivity index (χ4n) is 4.24. The van der Waals surface area contributed by atoms with Crippen molar-refractivity contribution < 1.29 is 13.6 Å². The van der Waals surface area contributed by atoms with Gasteiger partial charge in [-0.2, -0.15) is 0 Å². The highest BCUT2D eigenvalue weighted by molar-refractivity contribution is 6.04. The van der Waals surface area contributed by atoms with Crippen LogP contribution in [-0.4, -0.2) is 53.6 Å². The first-order valence-electron chi connectivity index (χ1n) is 10.8. The van der Waals surface area contributed by atoms with Crippen LogP contribution in [0.2, 0.25) is 0 Å². The lowest BCUT2D eigenvalue weighted by Crippen LogP contribution is -2.43. The molecule has 33 heavy (non-hydrogen) atoms. The molecule has 0 unspecified atom stereocenters. The quantitative estimate of drug-likeness (QED) is 0.630. The molecule has 0 aliphatic carbocycles. The Hall–Kier alpha value is -3.66. The van der Waals surface area contributed by atoms with Crippen molar-refractivity contribution in [3.8, 4) is 0 Å². The number of piperazine rings is 1. The predicted molar refractivity (Wildman–Crippen MR) is 120 cm³/mol. The van der Waals surface area contributed by atoms with Gasteiger partial charge in [0.15, 0.2) is 0 Å². The van der Waals surface area contributed by atoms with Gasteiger partial charge in [0.2, 0.25) is 5.95 Å². The number of rotatable bonds is 4. The molecule has 0 bridgehead atoms. The van der Waals surface area contributed by atoms with E-state index in [1.807, 2.05) is 6.07 Å². The fraction of sp³-hybridized carbons (Fsp3) is 0.304. The smallest absolute Gasteiger partial charge is 0.274 e. The number of halogens is 2. The maximum absolute atomic E-state index is 14.3. The van der Waals surface area contributed by atoms with Crippen LogP contribution in [0.25, 0.3) is 0 Å². The van der Waals surface area contributed by atoms with E-state index in [1.54, 1.807) is 17.3 Å². The molecule has 0 saturated carbocycles. The van der Waals surface area contributed by atoms with E-state index in [2.05, 4.69) is 30.5 Å². The number of hydrogen-bond acceptors (Lipinski definition) is 7. The summed E-state index contributed by atoms with van der Waals surface area (Å²) in [4.78, 5) is 29.7. The summed E-state index contributed by atoms with van der Waals surface area (Å²) in [5.74, 6) is -0.956. The van der Waals surface area contributed by atoms with Gasteiger partial charge in [0.25, 0.3) is 5.91 Å². The van der Waals surface area contributed by atoms with E-state index in [9.17, 15) is 13.6 Å². The minimum Gasteiger partial charge on any atom is -0.367 e. The Morgan fingerprint density at radius 2 is 1.76 bits per heavy atom. The van der Waals surface area contributed by atoms with Gasteiger partial charge in [-0.3, -0.25) is 9.78 Å². The van der Waals surface area contributed by atoms with Crippen molar-refractivity contribution in [2.45, 2.75) is 13.0 Å². The Balaban J connectivity index is 1.35. The van der Waals surface area contributed by atoms with E-state index in [-0.39, 0.29) is 12.2 Å². The largest absolute Gasteiger partial charge is 0.367 e. The van der Waals surface area contributed by atoms with Crippen LogP contribution in [0.3, 0.4) is 0 Å². The molecule has 4 heterocycles. The Kier molecular flexibility index (Phi) is 5.82. The van der Waals surface area contributed by atoms with Crippen LogP contribution in [0.4, 0.5) is 26.1 Å². The fourth-order valence-corrected chi connectivity index (χ4v) is 4.24. The number of fused-ring (bicyclic) bond motifs is 1. The summed E-state index contributed by atoms with van der Waals surface area (Å²) in [6.45, 7) is 3.97. The van der Waals surface area contributed by atoms with Crippen LogP contribution in [-0.2, 0) is 13.0 Å². The molecule has 1 amide bonds. The summed E-state index contributed by atoms with van der Waals surface area (Å²) in [6, 6.07) is 5.69. The number of anilines is 3. The van der Waals surface area contributed by atoms with Crippen LogP contribution >= 0.6 is 0 Å². The molecule has 3 aromatic rings. The summed E-state index contributed by atoms with van der Waals surface area (Å²) >= 11 is 0. The molecule has 1 fully saturated rings. The minimum atomic E-state index is -0.456. The average molecular weight is 451 g/mol. The van der Waals surface area contributed by atoms with Crippen LogP contribution < -0.4 is 20.4 Å². The minimum absolute atomic E-state index is 0.139. The molecule has 2 aromatic heterocycles. The Morgan fingerprint density at radius 3 is 2.58 bits per heavy atom. The third kappa shape index (κ3) is 4.34. The number of hydrogen-bond donors (Lipinski definition) is 2. The summed E-state index contributed by atoms with van der Waals surface area (Å²) in [7, 11) is 0. The molecule has 170 valence electrons. The maximum Gasteiger partial charge on any atom is 0.274 e. The van der Waals surface area contributed by atoms with E-state index in [1.165, 1.54) is 12.3 Å². The van der Waals surface area contributed by atoms with E-state index in [0.29, 0.717) is 35.7 Å². The van der Waals surface area contributed by atoms with Gasteiger partial charge >= 0.3 is 0 Å². The van der Waals surface area contributed by atoms with Gasteiger partial charge in [0.1, 0.15) is 17.3 Å². The summed E-state index contributed by atoms with van der Waals surface area (Å²) < 4.78 is 28.3. The number of carbonyl (C=O) groups is 1. The molecule has 0 radical (unpaired) electrons. The molecule has 2 aliphatic heterocycles. The number of nitrogens with zero attached hydrogens (tertiary/aromatic N) is 5. The number of benzene rings is 1. The van der Waals surface area contributed by atoms with Gasteiger partial charge in [-0.05, 0) is 36.2 Å².